The molecule has 0 atom stereocenters. The van der Waals surface area contributed by atoms with E-state index in [0.29, 0.717) is 5.39 Å². The van der Waals surface area contributed by atoms with Crippen molar-refractivity contribution < 1.29 is 31.0 Å². The van der Waals surface area contributed by atoms with Gasteiger partial charge in [-0.05, 0) is 23.6 Å². The molecule has 158 valence electrons. The average Bonchev–Trinajstić information content (AvgIpc) is 2.70. The maximum Gasteiger partial charge on any atom is 2.00 e. The van der Waals surface area contributed by atoms with E-state index in [2.05, 4.69) is 10.2 Å². The number of benzene rings is 4. The van der Waals surface area contributed by atoms with Crippen molar-refractivity contribution in [2.45, 2.75) is 9.79 Å². The maximum atomic E-state index is 12.3. The minimum absolute atomic E-state index is 0. The van der Waals surface area contributed by atoms with Gasteiger partial charge in [0.2, 0.25) is 0 Å². The normalized spacial score (nSPS) is 12.3. The van der Waals surface area contributed by atoms with Crippen LogP contribution < -0.4 is 5.11 Å². The zero-order chi connectivity index (χ0) is 22.4. The van der Waals surface area contributed by atoms with E-state index in [-0.39, 0.29) is 71.0 Å². The van der Waals surface area contributed by atoms with Gasteiger partial charge in [0.1, 0.15) is 15.0 Å². The van der Waals surface area contributed by atoms with Gasteiger partial charge < -0.3 is 9.66 Å². The molecular weight excluding hydrogens is 582 g/mol. The summed E-state index contributed by atoms with van der Waals surface area (Å²) in [6.07, 6.45) is 0. The number of fused-ring (bicyclic) bond motifs is 2. The molecule has 4 aromatic carbocycles. The molecule has 0 aromatic heterocycles. The maximum absolute atomic E-state index is 12.3. The number of nitrogens with zero attached hydrogens (tertiary/aromatic N) is 2. The molecule has 0 amide bonds. The Balaban J connectivity index is 0.00000289. The van der Waals surface area contributed by atoms with Gasteiger partial charge in [-0.3, -0.25) is 4.55 Å². The van der Waals surface area contributed by atoms with Gasteiger partial charge in [-0.25, -0.2) is 8.42 Å². The minimum atomic E-state index is -4.96. The Morgan fingerprint density at radius 3 is 2.12 bits per heavy atom. The standard InChI is InChI=1S/C20H14N2O7S2.Ba/c23-17-9-8-12-4-1-2-5-14(12)20(17)22-21-13-10-16-15(19(11-13)31(27,28)29)6-3-7-18(16)30(24,25)26;/h1-11,23H,(H,24,25,26)(H,27,28,29);/q;+2/p-2. The monoisotopic (exact) mass is 594 g/mol. The van der Waals surface area contributed by atoms with Crippen LogP contribution in [0.15, 0.2) is 86.7 Å². The van der Waals surface area contributed by atoms with Crippen molar-refractivity contribution in [3.8, 4) is 5.75 Å². The first-order valence-corrected chi connectivity index (χ1v) is 11.5. The van der Waals surface area contributed by atoms with E-state index in [1.54, 1.807) is 30.3 Å². The molecule has 0 bridgehead atoms. The van der Waals surface area contributed by atoms with Gasteiger partial charge >= 0.3 is 48.9 Å². The first kappa shape index (κ1) is 24.8. The molecule has 0 spiro atoms. The Hall–Kier alpha value is -1.81. The Labute approximate surface area is 223 Å². The van der Waals surface area contributed by atoms with Crippen LogP contribution in [0.3, 0.4) is 0 Å². The second-order valence-electron chi connectivity index (χ2n) is 6.56. The summed E-state index contributed by atoms with van der Waals surface area (Å²) < 4.78 is 68.2. The molecule has 0 fully saturated rings. The van der Waals surface area contributed by atoms with Crippen molar-refractivity contribution >= 4 is 102 Å². The molecule has 9 nitrogen and oxygen atoms in total. The van der Waals surface area contributed by atoms with Gasteiger partial charge in [-0.2, -0.15) is 18.6 Å². The fourth-order valence-corrected chi connectivity index (χ4v) is 4.65. The van der Waals surface area contributed by atoms with Crippen LogP contribution in [0.1, 0.15) is 0 Å². The van der Waals surface area contributed by atoms with E-state index in [1.807, 2.05) is 0 Å². The fraction of sp³-hybridized carbons (Fsp3) is 0. The molecule has 0 radical (unpaired) electrons. The second-order valence-corrected chi connectivity index (χ2v) is 9.30. The Morgan fingerprint density at radius 2 is 1.44 bits per heavy atom. The summed E-state index contributed by atoms with van der Waals surface area (Å²) in [7, 11) is -9.76. The van der Waals surface area contributed by atoms with E-state index in [1.165, 1.54) is 18.2 Å². The number of rotatable bonds is 4. The van der Waals surface area contributed by atoms with Gasteiger partial charge in [-0.15, -0.1) is 0 Å². The van der Waals surface area contributed by atoms with E-state index < -0.39 is 35.8 Å². The quantitative estimate of drug-likeness (QED) is 0.216. The molecule has 0 aliphatic heterocycles. The van der Waals surface area contributed by atoms with Crippen LogP contribution in [0.4, 0.5) is 11.4 Å². The number of hydrogen-bond donors (Lipinski definition) is 1. The van der Waals surface area contributed by atoms with E-state index in [0.717, 1.165) is 23.6 Å². The van der Waals surface area contributed by atoms with Crippen molar-refractivity contribution in [1.82, 2.24) is 0 Å². The van der Waals surface area contributed by atoms with Crippen molar-refractivity contribution in [2.75, 3.05) is 0 Å². The third kappa shape index (κ3) is 4.90. The zero-order valence-corrected chi connectivity index (χ0v) is 22.2. The van der Waals surface area contributed by atoms with E-state index >= 15 is 0 Å². The van der Waals surface area contributed by atoms with Crippen molar-refractivity contribution in [1.29, 1.82) is 0 Å². The van der Waals surface area contributed by atoms with Crippen LogP contribution in [0.25, 0.3) is 21.5 Å². The molecule has 0 aliphatic rings. The first-order chi connectivity index (χ1) is 14.6. The number of hydrogen-bond acceptors (Lipinski definition) is 8. The molecule has 0 saturated carbocycles. The second kappa shape index (κ2) is 9.21. The van der Waals surface area contributed by atoms with Crippen LogP contribution in [0, 0.1) is 0 Å². The van der Waals surface area contributed by atoms with Gasteiger partial charge in [0.15, 0.2) is 0 Å². The molecule has 0 heterocycles. The predicted molar refractivity (Wildman–Crippen MR) is 115 cm³/mol. The van der Waals surface area contributed by atoms with Crippen LogP contribution in [0.5, 0.6) is 5.75 Å². The summed E-state index contributed by atoms with van der Waals surface area (Å²) in [6, 6.07) is 15.4. The van der Waals surface area contributed by atoms with Crippen LogP contribution in [0.2, 0.25) is 0 Å². The summed E-state index contributed by atoms with van der Waals surface area (Å²) in [4.78, 5) is -1.33. The Morgan fingerprint density at radius 1 is 0.750 bits per heavy atom. The molecule has 1 N–H and O–H groups in total. The SMILES string of the molecule is O=S(=O)([O-])c1cccc2c(S(=O)(=O)O)cc(N=Nc3c([O-])ccc4ccccc34)cc12.[Ba+2]. The Bertz CT molecular complexity index is 1600. The van der Waals surface area contributed by atoms with Crippen molar-refractivity contribution in [3.05, 3.63) is 66.7 Å². The van der Waals surface area contributed by atoms with Gasteiger partial charge in [0.05, 0.1) is 16.3 Å². The van der Waals surface area contributed by atoms with Crippen molar-refractivity contribution in [2.24, 2.45) is 10.2 Å². The Kier molecular flexibility index (Phi) is 7.14. The molecule has 4 rings (SSSR count). The van der Waals surface area contributed by atoms with Gasteiger partial charge in [0.25, 0.3) is 10.1 Å². The third-order valence-corrected chi connectivity index (χ3v) is 6.37. The minimum Gasteiger partial charge on any atom is -0.871 e. The molecule has 12 heteroatoms. The average molecular weight is 594 g/mol. The molecule has 4 aromatic rings. The van der Waals surface area contributed by atoms with Gasteiger partial charge in [-0.1, -0.05) is 54.3 Å². The number of azo groups is 1. The van der Waals surface area contributed by atoms with Crippen LogP contribution in [-0.4, -0.2) is 74.8 Å². The van der Waals surface area contributed by atoms with Crippen LogP contribution >= 0.6 is 0 Å². The molecule has 32 heavy (non-hydrogen) atoms. The summed E-state index contributed by atoms with van der Waals surface area (Å²) in [5.41, 5.74) is -0.181. The largest absolute Gasteiger partial charge is 2.00 e. The predicted octanol–water partition coefficient (Wildman–Crippen LogP) is 3.25. The molecule has 0 saturated heterocycles. The topological polar surface area (TPSA) is 159 Å². The molecule has 0 aliphatic carbocycles. The van der Waals surface area contributed by atoms with Gasteiger partial charge in [0, 0.05) is 16.2 Å². The zero-order valence-electron chi connectivity index (χ0n) is 16.2. The molecular formula is C20H12BaN2O7S2. The van der Waals surface area contributed by atoms with E-state index in [4.69, 9.17) is 0 Å². The summed E-state index contributed by atoms with van der Waals surface area (Å²) in [5.74, 6) is -0.430. The fourth-order valence-electron chi connectivity index (χ4n) is 3.24. The van der Waals surface area contributed by atoms with E-state index in [9.17, 15) is 31.0 Å². The first-order valence-electron chi connectivity index (χ1n) is 8.66. The third-order valence-electron chi connectivity index (χ3n) is 4.58. The summed E-state index contributed by atoms with van der Waals surface area (Å²) in [6.45, 7) is 0. The summed E-state index contributed by atoms with van der Waals surface area (Å²) >= 11 is 0. The van der Waals surface area contributed by atoms with Crippen LogP contribution in [-0.2, 0) is 20.2 Å². The summed E-state index contributed by atoms with van der Waals surface area (Å²) in [5, 5.41) is 20.9. The molecule has 0 unspecified atom stereocenters. The van der Waals surface area contributed by atoms with Crippen molar-refractivity contribution in [3.63, 3.8) is 0 Å². The smallest absolute Gasteiger partial charge is 0.871 e.